The zero-order valence-corrected chi connectivity index (χ0v) is 17.7. The highest BCUT2D eigenvalue weighted by Gasteiger charge is 2.10. The van der Waals surface area contributed by atoms with Crippen LogP contribution in [-0.4, -0.2) is 88.2 Å². The maximum Gasteiger partial charge on any atom is 0.243 e. The molecule has 28 heavy (non-hydrogen) atoms. The molecule has 8 heteroatoms. The minimum absolute atomic E-state index is 0.0273. The Bertz CT molecular complexity index is 633. The molecule has 7 nitrogen and oxygen atoms in total. The molecular formula is C20H32ClN5O2. The number of likely N-dealkylation sites (N-methyl/N-ethyl adjacent to an activating group) is 1. The Balaban J connectivity index is 1.79. The van der Waals surface area contributed by atoms with E-state index < -0.39 is 0 Å². The van der Waals surface area contributed by atoms with Crippen molar-refractivity contribution in [2.45, 2.75) is 12.8 Å². The van der Waals surface area contributed by atoms with Gasteiger partial charge in [-0.25, -0.2) is 4.99 Å². The van der Waals surface area contributed by atoms with Crippen molar-refractivity contribution < 1.29 is 9.53 Å². The number of carbonyl (C=O) groups excluding carboxylic acids is 1. The van der Waals surface area contributed by atoms with E-state index in [1.165, 1.54) is 0 Å². The number of hydrogen-bond donors (Lipinski definition) is 2. The summed E-state index contributed by atoms with van der Waals surface area (Å²) in [6.45, 7) is 6.26. The molecule has 2 rings (SSSR count). The Morgan fingerprint density at radius 2 is 1.93 bits per heavy atom. The third-order valence-corrected chi connectivity index (χ3v) is 4.93. The first-order valence-corrected chi connectivity index (χ1v) is 10.2. The smallest absolute Gasteiger partial charge is 0.243 e. The molecule has 2 N–H and O–H groups in total. The van der Waals surface area contributed by atoms with Crippen molar-refractivity contribution in [2.24, 2.45) is 4.99 Å². The molecule has 1 aromatic rings. The van der Waals surface area contributed by atoms with Crippen LogP contribution in [0, 0.1) is 0 Å². The van der Waals surface area contributed by atoms with E-state index >= 15 is 0 Å². The molecule has 1 aromatic carbocycles. The van der Waals surface area contributed by atoms with Crippen molar-refractivity contribution in [1.29, 1.82) is 0 Å². The summed E-state index contributed by atoms with van der Waals surface area (Å²) in [6.07, 6.45) is 1.79. The van der Waals surface area contributed by atoms with Gasteiger partial charge in [0, 0.05) is 45.3 Å². The molecule has 1 aliphatic rings. The molecule has 0 spiro atoms. The van der Waals surface area contributed by atoms with Crippen molar-refractivity contribution in [2.75, 3.05) is 66.6 Å². The van der Waals surface area contributed by atoms with Crippen LogP contribution in [0.3, 0.4) is 0 Å². The third kappa shape index (κ3) is 8.46. The second-order valence-corrected chi connectivity index (χ2v) is 7.36. The minimum atomic E-state index is -0.0273. The quantitative estimate of drug-likeness (QED) is 0.365. The van der Waals surface area contributed by atoms with Gasteiger partial charge < -0.3 is 20.3 Å². The number of halogens is 1. The molecule has 0 unspecified atom stereocenters. The van der Waals surface area contributed by atoms with Crippen molar-refractivity contribution in [3.63, 3.8) is 0 Å². The van der Waals surface area contributed by atoms with E-state index in [2.05, 4.69) is 20.5 Å². The fourth-order valence-corrected chi connectivity index (χ4v) is 3.04. The number of nitrogens with one attached hydrogen (secondary N) is 2. The SMILES string of the molecule is CN(C)C(=O)CN=C(NCCCN1CCOCC1)NCCc1ccccc1Cl. The Morgan fingerprint density at radius 1 is 1.21 bits per heavy atom. The van der Waals surface area contributed by atoms with Crippen molar-refractivity contribution >= 4 is 23.5 Å². The van der Waals surface area contributed by atoms with Crippen LogP contribution in [0.25, 0.3) is 0 Å². The number of rotatable bonds is 9. The Kier molecular flexibility index (Phi) is 10.1. The number of amides is 1. The lowest BCUT2D eigenvalue weighted by atomic mass is 10.1. The van der Waals surface area contributed by atoms with Crippen molar-refractivity contribution in [1.82, 2.24) is 20.4 Å². The van der Waals surface area contributed by atoms with Gasteiger partial charge in [-0.2, -0.15) is 0 Å². The van der Waals surface area contributed by atoms with E-state index in [1.807, 2.05) is 24.3 Å². The third-order valence-electron chi connectivity index (χ3n) is 4.56. The van der Waals surface area contributed by atoms with Crippen molar-refractivity contribution in [3.8, 4) is 0 Å². The maximum absolute atomic E-state index is 11.9. The summed E-state index contributed by atoms with van der Waals surface area (Å²) < 4.78 is 5.38. The van der Waals surface area contributed by atoms with Gasteiger partial charge in [0.2, 0.25) is 5.91 Å². The summed E-state index contributed by atoms with van der Waals surface area (Å²) in [4.78, 5) is 20.2. The van der Waals surface area contributed by atoms with Gasteiger partial charge in [-0.3, -0.25) is 9.69 Å². The van der Waals surface area contributed by atoms with Crippen LogP contribution in [0.15, 0.2) is 29.3 Å². The molecule has 156 valence electrons. The Morgan fingerprint density at radius 3 is 2.64 bits per heavy atom. The first kappa shape index (κ1) is 22.5. The number of nitrogens with zero attached hydrogens (tertiary/aromatic N) is 3. The number of hydrogen-bond acceptors (Lipinski definition) is 4. The molecule has 0 bridgehead atoms. The van der Waals surface area contributed by atoms with Crippen molar-refractivity contribution in [3.05, 3.63) is 34.9 Å². The summed E-state index contributed by atoms with van der Waals surface area (Å²) in [5.74, 6) is 0.629. The number of benzene rings is 1. The molecule has 0 aromatic heterocycles. The second kappa shape index (κ2) is 12.6. The highest BCUT2D eigenvalue weighted by molar-refractivity contribution is 6.31. The van der Waals surface area contributed by atoms with Gasteiger partial charge in [-0.1, -0.05) is 29.8 Å². The Labute approximate surface area is 173 Å². The first-order chi connectivity index (χ1) is 13.6. The van der Waals surface area contributed by atoms with E-state index in [0.29, 0.717) is 12.5 Å². The highest BCUT2D eigenvalue weighted by Crippen LogP contribution is 2.14. The molecule has 0 atom stereocenters. The number of aliphatic imine (C=N–C) groups is 1. The number of morpholine rings is 1. The normalized spacial score (nSPS) is 15.3. The summed E-state index contributed by atoms with van der Waals surface area (Å²) in [7, 11) is 3.47. The topological polar surface area (TPSA) is 69.2 Å². The van der Waals surface area contributed by atoms with E-state index in [-0.39, 0.29) is 12.5 Å². The second-order valence-electron chi connectivity index (χ2n) is 6.96. The van der Waals surface area contributed by atoms with Crippen LogP contribution in [0.5, 0.6) is 0 Å². The largest absolute Gasteiger partial charge is 0.379 e. The Hall–Kier alpha value is -1.83. The van der Waals surface area contributed by atoms with Crippen LogP contribution < -0.4 is 10.6 Å². The lowest BCUT2D eigenvalue weighted by Gasteiger charge is -2.26. The summed E-state index contributed by atoms with van der Waals surface area (Å²) in [6, 6.07) is 7.82. The summed E-state index contributed by atoms with van der Waals surface area (Å²) >= 11 is 6.22. The van der Waals surface area contributed by atoms with E-state index in [1.54, 1.807) is 19.0 Å². The van der Waals surface area contributed by atoms with E-state index in [0.717, 1.165) is 62.8 Å². The molecule has 1 fully saturated rings. The molecular weight excluding hydrogens is 378 g/mol. The monoisotopic (exact) mass is 409 g/mol. The maximum atomic E-state index is 11.9. The molecule has 1 amide bonds. The number of ether oxygens (including phenoxy) is 1. The lowest BCUT2D eigenvalue weighted by Crippen LogP contribution is -2.41. The molecule has 1 saturated heterocycles. The van der Waals surface area contributed by atoms with Gasteiger partial charge in [0.05, 0.1) is 13.2 Å². The summed E-state index contributed by atoms with van der Waals surface area (Å²) in [5, 5.41) is 7.40. The molecule has 0 saturated carbocycles. The predicted molar refractivity (Wildman–Crippen MR) is 114 cm³/mol. The van der Waals surface area contributed by atoms with Crippen LogP contribution in [0.4, 0.5) is 0 Å². The molecule has 1 heterocycles. The van der Waals surface area contributed by atoms with Crippen LogP contribution in [0.2, 0.25) is 5.02 Å². The standard InChI is InChI=1S/C20H32ClN5O2/c1-25(2)19(27)16-24-20(22-9-5-11-26-12-14-28-15-13-26)23-10-8-17-6-3-4-7-18(17)21/h3-4,6-7H,5,8-16H2,1-2H3,(H2,22,23,24). The van der Waals surface area contributed by atoms with Gasteiger partial charge in [0.1, 0.15) is 6.54 Å². The fourth-order valence-electron chi connectivity index (χ4n) is 2.81. The minimum Gasteiger partial charge on any atom is -0.379 e. The van der Waals surface area contributed by atoms with E-state index in [9.17, 15) is 4.79 Å². The van der Waals surface area contributed by atoms with Gasteiger partial charge in [0.15, 0.2) is 5.96 Å². The van der Waals surface area contributed by atoms with Gasteiger partial charge >= 0.3 is 0 Å². The molecule has 1 aliphatic heterocycles. The molecule has 0 radical (unpaired) electrons. The average molecular weight is 410 g/mol. The average Bonchev–Trinajstić information content (AvgIpc) is 2.70. The zero-order chi connectivity index (χ0) is 20.2. The van der Waals surface area contributed by atoms with Crippen LogP contribution in [-0.2, 0) is 16.0 Å². The predicted octanol–water partition coefficient (Wildman–Crippen LogP) is 1.23. The van der Waals surface area contributed by atoms with Crippen LogP contribution in [0.1, 0.15) is 12.0 Å². The fraction of sp³-hybridized carbons (Fsp3) is 0.600. The number of carbonyl (C=O) groups is 1. The lowest BCUT2D eigenvalue weighted by molar-refractivity contribution is -0.127. The van der Waals surface area contributed by atoms with Gasteiger partial charge in [0.25, 0.3) is 0 Å². The van der Waals surface area contributed by atoms with Crippen LogP contribution >= 0.6 is 11.6 Å². The van der Waals surface area contributed by atoms with Gasteiger partial charge in [-0.15, -0.1) is 0 Å². The highest BCUT2D eigenvalue weighted by atomic mass is 35.5. The number of guanidine groups is 1. The zero-order valence-electron chi connectivity index (χ0n) is 16.9. The first-order valence-electron chi connectivity index (χ1n) is 9.82. The van der Waals surface area contributed by atoms with E-state index in [4.69, 9.17) is 16.3 Å². The van der Waals surface area contributed by atoms with Gasteiger partial charge in [-0.05, 0) is 31.0 Å². The molecule has 0 aliphatic carbocycles. The summed E-state index contributed by atoms with van der Waals surface area (Å²) in [5.41, 5.74) is 1.09.